The number of quaternary nitrogens is 1. The van der Waals surface area contributed by atoms with Crippen LogP contribution in [-0.4, -0.2) is 6.34 Å². The molecule has 1 heterocycles. The monoisotopic (exact) mass is 160 g/mol. The second-order valence-electron chi connectivity index (χ2n) is 1.65. The van der Waals surface area contributed by atoms with E-state index in [1.807, 2.05) is 11.5 Å². The van der Waals surface area contributed by atoms with Crippen LogP contribution in [0.4, 0.5) is 0 Å². The molecule has 5 heteroatoms. The van der Waals surface area contributed by atoms with Crippen LogP contribution in [-0.2, 0) is 0 Å². The smallest absolute Gasteiger partial charge is 0.218 e. The fraction of sp³-hybridized carbons (Fsp3) is 0.143. The van der Waals surface area contributed by atoms with E-state index in [4.69, 9.17) is 15.8 Å². The summed E-state index contributed by atoms with van der Waals surface area (Å²) in [6, 6.07) is 4.44. The first-order chi connectivity index (χ1) is 5.85. The summed E-state index contributed by atoms with van der Waals surface area (Å²) in [5.74, 6) is -1.10. The van der Waals surface area contributed by atoms with Gasteiger partial charge in [-0.15, -0.1) is 0 Å². The van der Waals surface area contributed by atoms with Crippen molar-refractivity contribution >= 4 is 6.34 Å². The van der Waals surface area contributed by atoms with Gasteiger partial charge in [-0.05, 0) is 0 Å². The lowest BCUT2D eigenvalue weighted by Gasteiger charge is -1.69. The minimum Gasteiger partial charge on any atom is -0.276 e. The highest BCUT2D eigenvalue weighted by Gasteiger charge is 1.97. The first kappa shape index (κ1) is 9.84. The van der Waals surface area contributed by atoms with E-state index >= 15 is 0 Å². The quantitative estimate of drug-likeness (QED) is 0.503. The van der Waals surface area contributed by atoms with Crippen molar-refractivity contribution < 1.29 is 5.32 Å². The zero-order valence-corrected chi connectivity index (χ0v) is 6.18. The van der Waals surface area contributed by atoms with Gasteiger partial charge in [0.05, 0.1) is 24.4 Å². The third kappa shape index (κ3) is 4.69. The predicted octanol–water partition coefficient (Wildman–Crippen LogP) is -0.764. The second kappa shape index (κ2) is 6.95. The Labute approximate surface area is 69.9 Å². The molecule has 0 aromatic heterocycles. The van der Waals surface area contributed by atoms with Crippen molar-refractivity contribution in [2.75, 3.05) is 0 Å². The minimum atomic E-state index is -1.10. The van der Waals surface area contributed by atoms with E-state index in [1.54, 1.807) is 12.5 Å². The number of aliphatic imine (C=N–C) groups is 1. The van der Waals surface area contributed by atoms with Crippen molar-refractivity contribution in [3.8, 4) is 18.2 Å². The summed E-state index contributed by atoms with van der Waals surface area (Å²) in [5.41, 5.74) is 0. The summed E-state index contributed by atoms with van der Waals surface area (Å²) >= 11 is 0. The van der Waals surface area contributed by atoms with Gasteiger partial charge in [-0.2, -0.15) is 15.8 Å². The Balaban J connectivity index is 0.000000211. The summed E-state index contributed by atoms with van der Waals surface area (Å²) in [7, 11) is 0. The lowest BCUT2D eigenvalue weighted by molar-refractivity contribution is -0.447. The maximum atomic E-state index is 7.83. The van der Waals surface area contributed by atoms with Gasteiger partial charge in [0.15, 0.2) is 6.34 Å². The summed E-state index contributed by atoms with van der Waals surface area (Å²) in [5, 5.41) is 25.4. The SMILES string of the molecule is C1=C[NH2+]C=N1.N#CC(C#N)C#N. The van der Waals surface area contributed by atoms with Crippen molar-refractivity contribution in [3.63, 3.8) is 0 Å². The van der Waals surface area contributed by atoms with Crippen molar-refractivity contribution in [3.05, 3.63) is 12.4 Å². The molecule has 1 aliphatic heterocycles. The first-order valence-electron chi connectivity index (χ1n) is 3.05. The lowest BCUT2D eigenvalue weighted by atomic mass is 10.2. The molecule has 0 saturated carbocycles. The zero-order chi connectivity index (χ0) is 9.23. The molecule has 0 bridgehead atoms. The van der Waals surface area contributed by atoms with Gasteiger partial charge in [0.25, 0.3) is 0 Å². The van der Waals surface area contributed by atoms with Crippen LogP contribution in [0.1, 0.15) is 0 Å². The van der Waals surface area contributed by atoms with Gasteiger partial charge >= 0.3 is 0 Å². The Kier molecular flexibility index (Phi) is 5.70. The molecule has 1 rings (SSSR count). The first-order valence-corrected chi connectivity index (χ1v) is 3.05. The number of hydrogen-bond acceptors (Lipinski definition) is 4. The molecule has 12 heavy (non-hydrogen) atoms. The molecular formula is C7H6N5+. The highest BCUT2D eigenvalue weighted by Crippen LogP contribution is 1.83. The highest BCUT2D eigenvalue weighted by atomic mass is 15.0. The summed E-state index contributed by atoms with van der Waals surface area (Å²) in [6.45, 7) is 0. The molecule has 0 saturated heterocycles. The molecular weight excluding hydrogens is 154 g/mol. The fourth-order valence-electron chi connectivity index (χ4n) is 0.335. The molecule has 0 atom stereocenters. The molecule has 0 unspecified atom stereocenters. The van der Waals surface area contributed by atoms with E-state index in [2.05, 4.69) is 4.99 Å². The molecule has 5 nitrogen and oxygen atoms in total. The van der Waals surface area contributed by atoms with E-state index < -0.39 is 5.92 Å². The largest absolute Gasteiger partial charge is 0.276 e. The molecule has 0 fully saturated rings. The fourth-order valence-corrected chi connectivity index (χ4v) is 0.335. The van der Waals surface area contributed by atoms with Gasteiger partial charge in [0.2, 0.25) is 5.92 Å². The Morgan fingerprint density at radius 3 is 1.83 bits per heavy atom. The summed E-state index contributed by atoms with van der Waals surface area (Å²) in [6.07, 6.45) is 5.39. The topological polar surface area (TPSA) is 100 Å². The van der Waals surface area contributed by atoms with Gasteiger partial charge in [-0.3, -0.25) is 5.32 Å². The maximum Gasteiger partial charge on any atom is 0.218 e. The number of nitriles is 3. The van der Waals surface area contributed by atoms with Crippen molar-refractivity contribution in [1.82, 2.24) is 0 Å². The van der Waals surface area contributed by atoms with Gasteiger partial charge in [-0.1, -0.05) is 0 Å². The normalized spacial score (nSPS) is 10.8. The Morgan fingerprint density at radius 2 is 1.75 bits per heavy atom. The predicted molar refractivity (Wildman–Crippen MR) is 39.9 cm³/mol. The average Bonchev–Trinajstić information content (AvgIpc) is 2.64. The Bertz CT molecular complexity index is 252. The average molecular weight is 160 g/mol. The molecule has 0 aromatic rings. The van der Waals surface area contributed by atoms with Crippen LogP contribution in [0.3, 0.4) is 0 Å². The van der Waals surface area contributed by atoms with E-state index in [0.717, 1.165) is 0 Å². The van der Waals surface area contributed by atoms with Crippen LogP contribution in [0.25, 0.3) is 0 Å². The Hall–Kier alpha value is -2.16. The number of nitrogens with zero attached hydrogens (tertiary/aromatic N) is 4. The number of hydrogen-bond donors (Lipinski definition) is 1. The highest BCUT2D eigenvalue weighted by molar-refractivity contribution is 5.45. The van der Waals surface area contributed by atoms with Crippen LogP contribution < -0.4 is 5.32 Å². The third-order valence-electron chi connectivity index (χ3n) is 0.843. The van der Waals surface area contributed by atoms with Crippen LogP contribution in [0.5, 0.6) is 0 Å². The standard InChI is InChI=1S/C4HN3.C3H4N2/c5-1-4(2-6)3-7;1-2-5-3-4-1/h4H;1-3H,(H,4,5)/p+1. The number of rotatable bonds is 0. The van der Waals surface area contributed by atoms with Crippen LogP contribution in [0, 0.1) is 39.9 Å². The second-order valence-corrected chi connectivity index (χ2v) is 1.65. The summed E-state index contributed by atoms with van der Waals surface area (Å²) < 4.78 is 0. The zero-order valence-electron chi connectivity index (χ0n) is 6.18. The van der Waals surface area contributed by atoms with Crippen LogP contribution >= 0.6 is 0 Å². The van der Waals surface area contributed by atoms with Crippen LogP contribution in [0.15, 0.2) is 17.4 Å². The van der Waals surface area contributed by atoms with E-state index in [-0.39, 0.29) is 0 Å². The maximum absolute atomic E-state index is 7.83. The molecule has 0 aliphatic carbocycles. The van der Waals surface area contributed by atoms with Crippen molar-refractivity contribution in [2.24, 2.45) is 10.9 Å². The molecule has 0 spiro atoms. The molecule has 0 aromatic carbocycles. The Morgan fingerprint density at radius 1 is 1.17 bits per heavy atom. The molecule has 2 N–H and O–H groups in total. The van der Waals surface area contributed by atoms with Gasteiger partial charge in [0.1, 0.15) is 6.20 Å². The van der Waals surface area contributed by atoms with Gasteiger partial charge < -0.3 is 0 Å². The number of nitrogens with two attached hydrogens (primary N) is 1. The van der Waals surface area contributed by atoms with E-state index in [1.165, 1.54) is 18.2 Å². The molecule has 0 amide bonds. The molecule has 0 radical (unpaired) electrons. The molecule has 58 valence electrons. The summed E-state index contributed by atoms with van der Waals surface area (Å²) in [4.78, 5) is 3.72. The van der Waals surface area contributed by atoms with E-state index in [9.17, 15) is 0 Å². The van der Waals surface area contributed by atoms with Gasteiger partial charge in [-0.25, -0.2) is 4.99 Å². The van der Waals surface area contributed by atoms with Gasteiger partial charge in [0, 0.05) is 0 Å². The van der Waals surface area contributed by atoms with Crippen LogP contribution in [0.2, 0.25) is 0 Å². The minimum absolute atomic E-state index is 1.10. The lowest BCUT2D eigenvalue weighted by Crippen LogP contribution is -2.74. The van der Waals surface area contributed by atoms with Crippen molar-refractivity contribution in [1.29, 1.82) is 15.8 Å². The van der Waals surface area contributed by atoms with Crippen molar-refractivity contribution in [2.45, 2.75) is 0 Å². The van der Waals surface area contributed by atoms with E-state index in [0.29, 0.717) is 0 Å². The molecule has 1 aliphatic rings. The third-order valence-corrected chi connectivity index (χ3v) is 0.843.